The quantitative estimate of drug-likeness (QED) is 0.588. The molecule has 0 bridgehead atoms. The van der Waals surface area contributed by atoms with Crippen molar-refractivity contribution in [1.82, 2.24) is 4.98 Å². The first-order valence-corrected chi connectivity index (χ1v) is 7.66. The average molecular weight is 287 g/mol. The first-order valence-electron chi connectivity index (χ1n) is 7.66. The average Bonchev–Trinajstić information content (AvgIpc) is 2.55. The van der Waals surface area contributed by atoms with E-state index in [0.29, 0.717) is 0 Å². The fourth-order valence-electron chi connectivity index (χ4n) is 2.52. The van der Waals surface area contributed by atoms with Gasteiger partial charge < -0.3 is 0 Å². The normalized spacial score (nSPS) is 11.4. The van der Waals surface area contributed by atoms with E-state index in [2.05, 4.69) is 86.4 Å². The van der Waals surface area contributed by atoms with Crippen molar-refractivity contribution < 1.29 is 0 Å². The maximum atomic E-state index is 4.53. The lowest BCUT2D eigenvalue weighted by Crippen LogP contribution is -2.11. The predicted octanol–water partition coefficient (Wildman–Crippen LogP) is 5.71. The molecule has 0 radical (unpaired) electrons. The van der Waals surface area contributed by atoms with Crippen molar-refractivity contribution in [3.05, 3.63) is 78.5 Å². The molecule has 0 atom stereocenters. The summed E-state index contributed by atoms with van der Waals surface area (Å²) in [4.78, 5) is 4.53. The molecule has 0 unspecified atom stereocenters. The molecule has 0 spiro atoms. The van der Waals surface area contributed by atoms with Crippen molar-refractivity contribution in [2.75, 3.05) is 0 Å². The molecule has 110 valence electrons. The molecule has 0 aliphatic heterocycles. The minimum Gasteiger partial charge on any atom is -0.256 e. The van der Waals surface area contributed by atoms with Gasteiger partial charge in [0.2, 0.25) is 0 Å². The van der Waals surface area contributed by atoms with Crippen LogP contribution >= 0.6 is 0 Å². The number of hydrogen-bond donors (Lipinski definition) is 0. The van der Waals surface area contributed by atoms with Crippen molar-refractivity contribution in [2.24, 2.45) is 0 Å². The van der Waals surface area contributed by atoms with Gasteiger partial charge >= 0.3 is 0 Å². The molecule has 0 saturated heterocycles. The van der Waals surface area contributed by atoms with Crippen molar-refractivity contribution in [3.63, 3.8) is 0 Å². The Morgan fingerprint density at radius 1 is 0.682 bits per heavy atom. The van der Waals surface area contributed by atoms with E-state index in [1.165, 1.54) is 16.7 Å². The number of hydrogen-bond acceptors (Lipinski definition) is 1. The zero-order valence-electron chi connectivity index (χ0n) is 13.4. The van der Waals surface area contributed by atoms with E-state index >= 15 is 0 Å². The predicted molar refractivity (Wildman–Crippen MR) is 93.8 cm³/mol. The molecule has 0 N–H and O–H groups in total. The highest BCUT2D eigenvalue weighted by Gasteiger charge is 2.14. The van der Waals surface area contributed by atoms with Crippen LogP contribution in [0, 0.1) is 0 Å². The zero-order valence-corrected chi connectivity index (χ0v) is 13.4. The molecule has 3 aromatic rings. The molecule has 1 aromatic heterocycles. The summed E-state index contributed by atoms with van der Waals surface area (Å²) in [7, 11) is 0. The Kier molecular flexibility index (Phi) is 3.81. The van der Waals surface area contributed by atoms with Crippen LogP contribution in [0.2, 0.25) is 0 Å². The molecule has 0 aliphatic rings. The third kappa shape index (κ3) is 3.09. The van der Waals surface area contributed by atoms with Crippen molar-refractivity contribution >= 4 is 0 Å². The molecule has 3 rings (SSSR count). The van der Waals surface area contributed by atoms with Gasteiger partial charge in [-0.25, -0.2) is 0 Å². The van der Waals surface area contributed by atoms with Crippen LogP contribution in [0.15, 0.2) is 72.9 Å². The number of aromatic nitrogens is 1. The first-order chi connectivity index (χ1) is 10.5. The second kappa shape index (κ2) is 5.76. The molecule has 0 saturated carbocycles. The topological polar surface area (TPSA) is 12.9 Å². The fraction of sp³-hybridized carbons (Fsp3) is 0.190. The summed E-state index contributed by atoms with van der Waals surface area (Å²) in [5, 5.41) is 0. The maximum Gasteiger partial charge on any atom is 0.0704 e. The molecule has 1 nitrogen and oxygen atoms in total. The van der Waals surface area contributed by atoms with Crippen molar-refractivity contribution in [1.29, 1.82) is 0 Å². The van der Waals surface area contributed by atoms with E-state index in [9.17, 15) is 0 Å². The van der Waals surface area contributed by atoms with Crippen LogP contribution in [-0.2, 0) is 5.41 Å². The van der Waals surface area contributed by atoms with Crippen LogP contribution in [0.1, 0.15) is 26.3 Å². The van der Waals surface area contributed by atoms with Crippen LogP contribution in [0.25, 0.3) is 22.4 Å². The van der Waals surface area contributed by atoms with Gasteiger partial charge in [-0.05, 0) is 34.2 Å². The SMILES string of the molecule is CC(C)(C)c1ccnc(-c2ccc(-c3ccccc3)cc2)c1. The molecular weight excluding hydrogens is 266 g/mol. The first kappa shape index (κ1) is 14.5. The highest BCUT2D eigenvalue weighted by molar-refractivity contribution is 5.69. The standard InChI is InChI=1S/C21H21N/c1-21(2,3)19-13-14-22-20(15-19)18-11-9-17(10-12-18)16-7-5-4-6-8-16/h4-15H,1-3H3. The third-order valence-corrected chi connectivity index (χ3v) is 3.91. The molecule has 1 heteroatoms. The lowest BCUT2D eigenvalue weighted by molar-refractivity contribution is 0.589. The Morgan fingerprint density at radius 3 is 1.91 bits per heavy atom. The Balaban J connectivity index is 1.94. The smallest absolute Gasteiger partial charge is 0.0704 e. The van der Waals surface area contributed by atoms with Crippen LogP contribution in [-0.4, -0.2) is 4.98 Å². The highest BCUT2D eigenvalue weighted by Crippen LogP contribution is 2.27. The number of pyridine rings is 1. The van der Waals surface area contributed by atoms with Gasteiger partial charge in [0, 0.05) is 11.8 Å². The number of benzene rings is 2. The lowest BCUT2D eigenvalue weighted by atomic mass is 9.87. The molecule has 0 aliphatic carbocycles. The monoisotopic (exact) mass is 287 g/mol. The Hall–Kier alpha value is -2.41. The number of nitrogens with zero attached hydrogens (tertiary/aromatic N) is 1. The molecule has 22 heavy (non-hydrogen) atoms. The minimum absolute atomic E-state index is 0.141. The van der Waals surface area contributed by atoms with Gasteiger partial charge in [-0.1, -0.05) is 75.4 Å². The van der Waals surface area contributed by atoms with Gasteiger partial charge in [0.15, 0.2) is 0 Å². The molecular formula is C21H21N. The largest absolute Gasteiger partial charge is 0.256 e. The van der Waals surface area contributed by atoms with Crippen LogP contribution in [0.5, 0.6) is 0 Å². The number of rotatable bonds is 2. The second-order valence-electron chi connectivity index (χ2n) is 6.62. The van der Waals surface area contributed by atoms with Crippen LogP contribution in [0.4, 0.5) is 0 Å². The van der Waals surface area contributed by atoms with Gasteiger partial charge in [0.05, 0.1) is 5.69 Å². The van der Waals surface area contributed by atoms with Crippen LogP contribution < -0.4 is 0 Å². The van der Waals surface area contributed by atoms with Gasteiger partial charge in [0.25, 0.3) is 0 Å². The summed E-state index contributed by atoms with van der Waals surface area (Å²) < 4.78 is 0. The van der Waals surface area contributed by atoms with E-state index in [0.717, 1.165) is 11.3 Å². The summed E-state index contributed by atoms with van der Waals surface area (Å²) in [5.74, 6) is 0. The summed E-state index contributed by atoms with van der Waals surface area (Å²) >= 11 is 0. The Morgan fingerprint density at radius 2 is 1.27 bits per heavy atom. The van der Waals surface area contributed by atoms with Crippen LogP contribution in [0.3, 0.4) is 0 Å². The minimum atomic E-state index is 0.141. The molecule has 0 amide bonds. The van der Waals surface area contributed by atoms with Crippen molar-refractivity contribution in [2.45, 2.75) is 26.2 Å². The molecule has 0 fully saturated rings. The van der Waals surface area contributed by atoms with Crippen molar-refractivity contribution in [3.8, 4) is 22.4 Å². The summed E-state index contributed by atoms with van der Waals surface area (Å²) in [6.45, 7) is 6.68. The van der Waals surface area contributed by atoms with E-state index in [4.69, 9.17) is 0 Å². The van der Waals surface area contributed by atoms with Gasteiger partial charge in [0.1, 0.15) is 0 Å². The summed E-state index contributed by atoms with van der Waals surface area (Å²) in [6, 6.07) is 23.4. The lowest BCUT2D eigenvalue weighted by Gasteiger charge is -2.19. The Labute approximate surface area is 132 Å². The fourth-order valence-corrected chi connectivity index (χ4v) is 2.52. The molecule has 1 heterocycles. The van der Waals surface area contributed by atoms with Gasteiger partial charge in [-0.2, -0.15) is 0 Å². The zero-order chi connectivity index (χ0) is 15.6. The van der Waals surface area contributed by atoms with E-state index in [1.54, 1.807) is 0 Å². The maximum absolute atomic E-state index is 4.53. The van der Waals surface area contributed by atoms with Gasteiger partial charge in [-0.3, -0.25) is 4.98 Å². The third-order valence-electron chi connectivity index (χ3n) is 3.91. The van der Waals surface area contributed by atoms with Gasteiger partial charge in [-0.15, -0.1) is 0 Å². The summed E-state index contributed by atoms with van der Waals surface area (Å²) in [5.41, 5.74) is 6.12. The highest BCUT2D eigenvalue weighted by atomic mass is 14.7. The van der Waals surface area contributed by atoms with E-state index < -0.39 is 0 Å². The summed E-state index contributed by atoms with van der Waals surface area (Å²) in [6.07, 6.45) is 1.90. The Bertz CT molecular complexity index is 750. The van der Waals surface area contributed by atoms with E-state index in [-0.39, 0.29) is 5.41 Å². The second-order valence-corrected chi connectivity index (χ2v) is 6.62. The van der Waals surface area contributed by atoms with E-state index in [1.807, 2.05) is 12.3 Å². The molecule has 2 aromatic carbocycles.